The zero-order valence-electron chi connectivity index (χ0n) is 11.3. The van der Waals surface area contributed by atoms with Crippen molar-refractivity contribution in [1.29, 1.82) is 0 Å². The monoisotopic (exact) mass is 283 g/mol. The van der Waals surface area contributed by atoms with Gasteiger partial charge in [-0.05, 0) is 45.1 Å². The highest BCUT2D eigenvalue weighted by atomic mass is 32.2. The van der Waals surface area contributed by atoms with E-state index >= 15 is 0 Å². The summed E-state index contributed by atoms with van der Waals surface area (Å²) in [4.78, 5) is 1.40. The highest BCUT2D eigenvalue weighted by Crippen LogP contribution is 2.62. The maximum atomic E-state index is 12.6. The summed E-state index contributed by atoms with van der Waals surface area (Å²) in [6, 6.07) is 4.73. The molecule has 0 amide bonds. The van der Waals surface area contributed by atoms with E-state index in [9.17, 15) is 4.55 Å². The standard InChI is InChI=1S/C14H21NOS2/c1-13(2,3)18(16)15-10-14(7-5-8-14)12(15)11-6-4-9-17-11/h4,6,9,12H,5,7-8,10H2,1-3H3/t12-,18?/m0/s1. The van der Waals surface area contributed by atoms with Gasteiger partial charge in [-0.2, -0.15) is 0 Å². The third kappa shape index (κ3) is 1.85. The Morgan fingerprint density at radius 1 is 1.44 bits per heavy atom. The van der Waals surface area contributed by atoms with E-state index in [-0.39, 0.29) is 4.75 Å². The largest absolute Gasteiger partial charge is 0.597 e. The summed E-state index contributed by atoms with van der Waals surface area (Å²) in [5.74, 6) is 0. The Bertz CT molecular complexity index is 420. The fourth-order valence-electron chi connectivity index (χ4n) is 3.14. The van der Waals surface area contributed by atoms with Gasteiger partial charge in [-0.1, -0.05) is 12.5 Å². The van der Waals surface area contributed by atoms with Crippen LogP contribution < -0.4 is 0 Å². The highest BCUT2D eigenvalue weighted by Gasteiger charge is 2.62. The van der Waals surface area contributed by atoms with E-state index < -0.39 is 11.4 Å². The van der Waals surface area contributed by atoms with Crippen molar-refractivity contribution >= 4 is 22.7 Å². The average Bonchev–Trinajstić information content (AvgIpc) is 2.65. The molecule has 1 aromatic rings. The predicted octanol–water partition coefficient (Wildman–Crippen LogP) is 3.74. The quantitative estimate of drug-likeness (QED) is 0.773. The fraction of sp³-hybridized carbons (Fsp3) is 0.714. The Hall–Kier alpha value is -0.0300. The van der Waals surface area contributed by atoms with Crippen molar-refractivity contribution in [3.8, 4) is 0 Å². The number of hydrogen-bond donors (Lipinski definition) is 0. The Morgan fingerprint density at radius 3 is 2.61 bits per heavy atom. The van der Waals surface area contributed by atoms with Crippen LogP contribution in [0.2, 0.25) is 0 Å². The van der Waals surface area contributed by atoms with Crippen LogP contribution in [0.1, 0.15) is 51.0 Å². The summed E-state index contributed by atoms with van der Waals surface area (Å²) < 4.78 is 14.7. The van der Waals surface area contributed by atoms with Gasteiger partial charge in [0.2, 0.25) is 0 Å². The second kappa shape index (κ2) is 4.23. The molecule has 1 aliphatic heterocycles. The SMILES string of the molecule is CC(C)(C)[S+]([O-])N1CC2(CCC2)[C@@H]1c1cccs1. The molecule has 2 aliphatic rings. The van der Waals surface area contributed by atoms with Gasteiger partial charge in [0.15, 0.2) is 0 Å². The first-order valence-electron chi connectivity index (χ1n) is 6.66. The van der Waals surface area contributed by atoms with Crippen molar-refractivity contribution in [2.75, 3.05) is 6.54 Å². The van der Waals surface area contributed by atoms with Gasteiger partial charge in [0.1, 0.15) is 4.75 Å². The third-order valence-corrected chi connectivity index (χ3v) is 6.98. The van der Waals surface area contributed by atoms with E-state index in [2.05, 4.69) is 42.6 Å². The zero-order chi connectivity index (χ0) is 13.0. The van der Waals surface area contributed by atoms with E-state index in [4.69, 9.17) is 0 Å². The lowest BCUT2D eigenvalue weighted by Gasteiger charge is -2.61. The van der Waals surface area contributed by atoms with Gasteiger partial charge in [0.25, 0.3) is 0 Å². The molecule has 4 heteroatoms. The zero-order valence-corrected chi connectivity index (χ0v) is 12.9. The summed E-state index contributed by atoms with van der Waals surface area (Å²) in [6.07, 6.45) is 3.97. The number of nitrogens with zero attached hydrogens (tertiary/aromatic N) is 1. The lowest BCUT2D eigenvalue weighted by Crippen LogP contribution is -2.65. The normalized spacial score (nSPS) is 28.8. The number of rotatable bonds is 2. The molecule has 1 saturated carbocycles. The van der Waals surface area contributed by atoms with Gasteiger partial charge < -0.3 is 4.55 Å². The summed E-state index contributed by atoms with van der Waals surface area (Å²) in [5.41, 5.74) is 0.450. The van der Waals surface area contributed by atoms with Gasteiger partial charge >= 0.3 is 0 Å². The smallest absolute Gasteiger partial charge is 0.137 e. The van der Waals surface area contributed by atoms with Crippen LogP contribution in [-0.2, 0) is 11.4 Å². The van der Waals surface area contributed by atoms with Crippen LogP contribution in [0.15, 0.2) is 17.5 Å². The molecule has 2 fully saturated rings. The van der Waals surface area contributed by atoms with Crippen LogP contribution in [0.5, 0.6) is 0 Å². The molecule has 100 valence electrons. The Morgan fingerprint density at radius 2 is 2.17 bits per heavy atom. The van der Waals surface area contributed by atoms with Crippen LogP contribution in [0.4, 0.5) is 0 Å². The Labute approximate surface area is 117 Å². The van der Waals surface area contributed by atoms with Gasteiger partial charge in [-0.15, -0.1) is 15.6 Å². The molecule has 0 N–H and O–H groups in total. The molecule has 3 rings (SSSR count). The van der Waals surface area contributed by atoms with Crippen molar-refractivity contribution in [3.63, 3.8) is 0 Å². The van der Waals surface area contributed by atoms with Crippen molar-refractivity contribution in [2.24, 2.45) is 5.41 Å². The van der Waals surface area contributed by atoms with E-state index in [1.807, 2.05) is 11.3 Å². The summed E-state index contributed by atoms with van der Waals surface area (Å²) >= 11 is 0.930. The predicted molar refractivity (Wildman–Crippen MR) is 77.9 cm³/mol. The minimum atomic E-state index is -0.884. The molecule has 2 nitrogen and oxygen atoms in total. The van der Waals surface area contributed by atoms with E-state index in [1.165, 1.54) is 24.1 Å². The van der Waals surface area contributed by atoms with Crippen molar-refractivity contribution < 1.29 is 4.55 Å². The van der Waals surface area contributed by atoms with Gasteiger partial charge in [-0.25, -0.2) is 0 Å². The van der Waals surface area contributed by atoms with Crippen LogP contribution in [-0.4, -0.2) is 20.1 Å². The molecule has 0 radical (unpaired) electrons. The van der Waals surface area contributed by atoms with Gasteiger partial charge in [0, 0.05) is 21.7 Å². The fourth-order valence-corrected chi connectivity index (χ4v) is 5.79. The first-order chi connectivity index (χ1) is 8.44. The molecule has 1 aliphatic carbocycles. The lowest BCUT2D eigenvalue weighted by atomic mass is 9.59. The van der Waals surface area contributed by atoms with Gasteiger partial charge in [-0.3, -0.25) is 0 Å². The van der Waals surface area contributed by atoms with E-state index in [0.717, 1.165) is 6.54 Å². The second-order valence-electron chi connectivity index (χ2n) is 6.57. The summed E-state index contributed by atoms with van der Waals surface area (Å²) in [5, 5.41) is 2.14. The van der Waals surface area contributed by atoms with Gasteiger partial charge in [0.05, 0.1) is 12.6 Å². The maximum absolute atomic E-state index is 12.6. The molecule has 1 aromatic heterocycles. The number of thiophene rings is 1. The molecule has 0 bridgehead atoms. The summed E-state index contributed by atoms with van der Waals surface area (Å²) in [7, 11) is 0. The molecule has 2 atom stereocenters. The Kier molecular flexibility index (Phi) is 3.05. The van der Waals surface area contributed by atoms with E-state index in [0.29, 0.717) is 11.5 Å². The topological polar surface area (TPSA) is 26.3 Å². The van der Waals surface area contributed by atoms with Crippen molar-refractivity contribution in [3.05, 3.63) is 22.4 Å². The molecule has 0 aromatic carbocycles. The van der Waals surface area contributed by atoms with Crippen molar-refractivity contribution in [1.82, 2.24) is 4.31 Å². The molecule has 1 saturated heterocycles. The molecule has 18 heavy (non-hydrogen) atoms. The summed E-state index contributed by atoms with van der Waals surface area (Å²) in [6.45, 7) is 7.24. The lowest BCUT2D eigenvalue weighted by molar-refractivity contribution is -0.0772. The van der Waals surface area contributed by atoms with E-state index in [1.54, 1.807) is 0 Å². The number of hydrogen-bond acceptors (Lipinski definition) is 3. The minimum Gasteiger partial charge on any atom is -0.597 e. The van der Waals surface area contributed by atoms with Crippen LogP contribution in [0.25, 0.3) is 0 Å². The molecule has 2 heterocycles. The first-order valence-corrected chi connectivity index (χ1v) is 8.65. The second-order valence-corrected chi connectivity index (χ2v) is 9.74. The van der Waals surface area contributed by atoms with Crippen molar-refractivity contribution in [2.45, 2.75) is 50.8 Å². The maximum Gasteiger partial charge on any atom is 0.137 e. The third-order valence-electron chi connectivity index (χ3n) is 4.24. The van der Waals surface area contributed by atoms with Crippen LogP contribution >= 0.6 is 11.3 Å². The molecule has 1 unspecified atom stereocenters. The molecular formula is C14H21NOS2. The average molecular weight is 283 g/mol. The minimum absolute atomic E-state index is 0.152. The van der Waals surface area contributed by atoms with Crippen LogP contribution in [0, 0.1) is 5.41 Å². The molecule has 1 spiro atoms. The first kappa shape index (κ1) is 13.0. The Balaban J connectivity index is 1.85. The highest BCUT2D eigenvalue weighted by molar-refractivity contribution is 7.90. The van der Waals surface area contributed by atoms with Crippen LogP contribution in [0.3, 0.4) is 0 Å². The molecular weight excluding hydrogens is 262 g/mol.